The van der Waals surface area contributed by atoms with Crippen LogP contribution in [0.1, 0.15) is 53.7 Å². The number of anilines is 1. The predicted molar refractivity (Wildman–Crippen MR) is 172 cm³/mol. The summed E-state index contributed by atoms with van der Waals surface area (Å²) in [5, 5.41) is 5.57. The van der Waals surface area contributed by atoms with Gasteiger partial charge in [-0.2, -0.15) is 4.98 Å². The Morgan fingerprint density at radius 1 is 1.14 bits per heavy atom. The zero-order chi connectivity index (χ0) is 29.9. The van der Waals surface area contributed by atoms with Gasteiger partial charge in [0.1, 0.15) is 6.23 Å². The number of hydrogen-bond acceptors (Lipinski definition) is 6. The zero-order valence-electron chi connectivity index (χ0n) is 25.3. The van der Waals surface area contributed by atoms with Crippen LogP contribution < -0.4 is 21.2 Å². The van der Waals surface area contributed by atoms with Gasteiger partial charge in [0.05, 0.1) is 19.0 Å². The van der Waals surface area contributed by atoms with E-state index in [1.807, 2.05) is 10.6 Å². The summed E-state index contributed by atoms with van der Waals surface area (Å²) in [6, 6.07) is 21.3. The average Bonchev–Trinajstić information content (AvgIpc) is 3.57. The lowest BCUT2D eigenvalue weighted by molar-refractivity contribution is -0.0255. The van der Waals surface area contributed by atoms with Crippen molar-refractivity contribution in [3.8, 4) is 0 Å². The van der Waals surface area contributed by atoms with Gasteiger partial charge in [0.2, 0.25) is 5.95 Å². The van der Waals surface area contributed by atoms with E-state index in [0.717, 1.165) is 12.8 Å². The minimum Gasteiger partial charge on any atom is -0.405 e. The third-order valence-corrected chi connectivity index (χ3v) is 13.1. The molecule has 0 saturated carbocycles. The molecule has 222 valence electrons. The van der Waals surface area contributed by atoms with Gasteiger partial charge in [-0.15, -0.1) is 6.58 Å². The molecule has 0 radical (unpaired) electrons. The maximum Gasteiger partial charge on any atom is 0.280 e. The molecular formula is C33H43N5O3Si. The van der Waals surface area contributed by atoms with Crippen molar-refractivity contribution in [2.75, 3.05) is 18.5 Å². The molecule has 1 aliphatic rings. The summed E-state index contributed by atoms with van der Waals surface area (Å²) >= 11 is 0. The molecule has 5 rings (SSSR count). The summed E-state index contributed by atoms with van der Waals surface area (Å²) in [6.45, 7) is 16.2. The molecule has 1 aliphatic heterocycles. The first-order valence-corrected chi connectivity index (χ1v) is 16.8. The Labute approximate surface area is 249 Å². The second-order valence-electron chi connectivity index (χ2n) is 12.6. The molecule has 42 heavy (non-hydrogen) atoms. The highest BCUT2D eigenvalue weighted by Crippen LogP contribution is 2.40. The topological polar surface area (TPSA) is 94.1 Å². The second kappa shape index (κ2) is 12.4. The van der Waals surface area contributed by atoms with Gasteiger partial charge in [-0.25, -0.2) is 4.98 Å². The summed E-state index contributed by atoms with van der Waals surface area (Å²) in [7, 11) is -2.73. The number of fused-ring (bicyclic) bond motifs is 1. The third-order valence-electron chi connectivity index (χ3n) is 8.13. The Bertz CT molecular complexity index is 1510. The van der Waals surface area contributed by atoms with Crippen LogP contribution >= 0.6 is 0 Å². The Morgan fingerprint density at radius 3 is 2.36 bits per heavy atom. The molecule has 3 atom stereocenters. The van der Waals surface area contributed by atoms with Crippen LogP contribution in [0.3, 0.4) is 0 Å². The van der Waals surface area contributed by atoms with Crippen molar-refractivity contribution in [3.05, 3.63) is 90.0 Å². The van der Waals surface area contributed by atoms with Crippen molar-refractivity contribution in [2.24, 2.45) is 11.8 Å². The van der Waals surface area contributed by atoms with E-state index in [0.29, 0.717) is 36.2 Å². The molecule has 2 aromatic heterocycles. The highest BCUT2D eigenvalue weighted by molar-refractivity contribution is 6.99. The number of H-pyrrole nitrogens is 1. The largest absolute Gasteiger partial charge is 0.405 e. The van der Waals surface area contributed by atoms with Crippen LogP contribution in [0.2, 0.25) is 5.04 Å². The van der Waals surface area contributed by atoms with Crippen LogP contribution in [0.15, 0.2) is 84.4 Å². The van der Waals surface area contributed by atoms with E-state index in [9.17, 15) is 4.79 Å². The number of imidazole rings is 1. The van der Waals surface area contributed by atoms with Gasteiger partial charge in [0.25, 0.3) is 13.9 Å². The molecule has 0 spiro atoms. The fourth-order valence-electron chi connectivity index (χ4n) is 6.09. The highest BCUT2D eigenvalue weighted by Gasteiger charge is 2.51. The van der Waals surface area contributed by atoms with Crippen LogP contribution in [-0.2, 0) is 9.16 Å². The lowest BCUT2D eigenvalue weighted by Crippen LogP contribution is -2.67. The number of ether oxygens (including phenoxy) is 1. The first-order valence-electron chi connectivity index (χ1n) is 14.9. The molecule has 2 aromatic carbocycles. The molecule has 1 fully saturated rings. The Kier molecular flexibility index (Phi) is 8.82. The first kappa shape index (κ1) is 29.9. The second-order valence-corrected chi connectivity index (χ2v) is 16.9. The van der Waals surface area contributed by atoms with Crippen molar-refractivity contribution in [2.45, 2.75) is 64.8 Å². The Balaban J connectivity index is 1.47. The molecule has 4 aromatic rings. The lowest BCUT2D eigenvalue weighted by atomic mass is 9.97. The normalized spacial score (nSPS) is 19.4. The molecule has 0 aliphatic carbocycles. The number of nitrogens with zero attached hydrogens (tertiary/aromatic N) is 3. The van der Waals surface area contributed by atoms with Gasteiger partial charge in [0, 0.05) is 6.54 Å². The third kappa shape index (κ3) is 5.86. The number of benzene rings is 2. The van der Waals surface area contributed by atoms with Crippen molar-refractivity contribution < 1.29 is 9.16 Å². The minimum absolute atomic E-state index is 0.132. The van der Waals surface area contributed by atoms with Crippen LogP contribution in [0.4, 0.5) is 5.95 Å². The maximum absolute atomic E-state index is 12.8. The van der Waals surface area contributed by atoms with E-state index in [2.05, 4.69) is 117 Å². The average molecular weight is 586 g/mol. The molecular weight excluding hydrogens is 542 g/mol. The summed E-state index contributed by atoms with van der Waals surface area (Å²) in [4.78, 5) is 24.7. The number of allylic oxidation sites excluding steroid dienone is 1. The van der Waals surface area contributed by atoms with E-state index in [1.165, 1.54) is 10.4 Å². The molecule has 0 amide bonds. The van der Waals surface area contributed by atoms with Crippen molar-refractivity contribution in [1.29, 1.82) is 0 Å². The molecule has 9 heteroatoms. The number of aromatic nitrogens is 4. The van der Waals surface area contributed by atoms with Gasteiger partial charge in [-0.05, 0) is 40.1 Å². The Morgan fingerprint density at radius 2 is 1.79 bits per heavy atom. The smallest absolute Gasteiger partial charge is 0.280 e. The first-order chi connectivity index (χ1) is 20.1. The van der Waals surface area contributed by atoms with Crippen LogP contribution in [0.25, 0.3) is 11.2 Å². The highest BCUT2D eigenvalue weighted by atomic mass is 28.4. The minimum atomic E-state index is -2.73. The summed E-state index contributed by atoms with van der Waals surface area (Å²) in [5.41, 5.74) is 0.555. The van der Waals surface area contributed by atoms with Gasteiger partial charge < -0.3 is 14.5 Å². The zero-order valence-corrected chi connectivity index (χ0v) is 26.3. The molecule has 8 nitrogen and oxygen atoms in total. The van der Waals surface area contributed by atoms with Crippen molar-refractivity contribution >= 4 is 35.8 Å². The predicted octanol–water partition coefficient (Wildman–Crippen LogP) is 5.24. The van der Waals surface area contributed by atoms with Gasteiger partial charge >= 0.3 is 0 Å². The molecule has 0 bridgehead atoms. The molecule has 2 N–H and O–H groups in total. The summed E-state index contributed by atoms with van der Waals surface area (Å²) in [5.74, 6) is 1.05. The van der Waals surface area contributed by atoms with Gasteiger partial charge in [0.15, 0.2) is 11.2 Å². The van der Waals surface area contributed by atoms with E-state index in [1.54, 1.807) is 6.33 Å². The van der Waals surface area contributed by atoms with Crippen molar-refractivity contribution in [1.82, 2.24) is 19.5 Å². The standard InChI is InChI=1S/C33H43N5O3Si/c1-7-14-24-19-28(38-22-35-29-30(38)36-32(37-31(29)39)34-20-23(2)3)41-27(24)21-40-42(33(4,5)6,25-15-10-8-11-16-25)26-17-12-9-13-18-26/h7-13,15-18,22-24,27-28H,1,14,19-21H2,2-6H3,(H2,34,36,37,39)/t24-,27+,28+/m0/s1. The van der Waals surface area contributed by atoms with Gasteiger partial charge in [-0.3, -0.25) is 14.3 Å². The van der Waals surface area contributed by atoms with E-state index >= 15 is 0 Å². The number of nitrogens with one attached hydrogen (secondary N) is 2. The maximum atomic E-state index is 12.8. The fourth-order valence-corrected chi connectivity index (χ4v) is 10.7. The summed E-state index contributed by atoms with van der Waals surface area (Å²) in [6.07, 6.45) is 4.69. The van der Waals surface area contributed by atoms with E-state index in [-0.39, 0.29) is 28.8 Å². The summed E-state index contributed by atoms with van der Waals surface area (Å²) < 4.78 is 15.9. The van der Waals surface area contributed by atoms with E-state index in [4.69, 9.17) is 14.1 Å². The Hall–Kier alpha value is -3.53. The number of aromatic amines is 1. The van der Waals surface area contributed by atoms with Crippen LogP contribution in [0.5, 0.6) is 0 Å². The SMILES string of the molecule is C=CC[C@H]1C[C@H](n2cnc3c(=O)[nH]c(NCC(C)C)nc32)O[C@@H]1CO[Si](c1ccccc1)(c1ccccc1)C(C)(C)C. The fraction of sp³-hybridized carbons (Fsp3) is 0.424. The molecule has 3 heterocycles. The monoisotopic (exact) mass is 585 g/mol. The van der Waals surface area contributed by atoms with Gasteiger partial charge in [-0.1, -0.05) is 101 Å². The molecule has 1 saturated heterocycles. The lowest BCUT2D eigenvalue weighted by Gasteiger charge is -2.43. The van der Waals surface area contributed by atoms with Crippen LogP contribution in [0, 0.1) is 11.8 Å². The molecule has 0 unspecified atom stereocenters. The number of rotatable bonds is 11. The van der Waals surface area contributed by atoms with Crippen LogP contribution in [-0.4, -0.2) is 47.1 Å². The quantitative estimate of drug-likeness (QED) is 0.185. The van der Waals surface area contributed by atoms with E-state index < -0.39 is 8.32 Å². The van der Waals surface area contributed by atoms with Crippen molar-refractivity contribution in [3.63, 3.8) is 0 Å². The number of hydrogen-bond donors (Lipinski definition) is 2.